The topological polar surface area (TPSA) is 14.2 Å². The van der Waals surface area contributed by atoms with Gasteiger partial charge in [-0.3, -0.25) is 0 Å². The number of hydrogen-bond acceptors (Lipinski definition) is 1. The standard InChI is InChI=1S/C15H21NO/c1-3-4-11-17-12-10-16-9-8-14-13(2)6-5-7-15(14)16/h5-9H,3-4,10-12H2,1-2H3. The first-order chi connectivity index (χ1) is 8.33. The van der Waals surface area contributed by atoms with Gasteiger partial charge in [-0.15, -0.1) is 0 Å². The molecule has 0 aliphatic heterocycles. The summed E-state index contributed by atoms with van der Waals surface area (Å²) in [5.41, 5.74) is 2.65. The number of unbranched alkanes of at least 4 members (excludes halogenated alkanes) is 1. The molecule has 0 radical (unpaired) electrons. The lowest BCUT2D eigenvalue weighted by Gasteiger charge is -2.07. The monoisotopic (exact) mass is 231 g/mol. The molecule has 2 aromatic rings. The van der Waals surface area contributed by atoms with Crippen molar-refractivity contribution in [1.29, 1.82) is 0 Å². The highest BCUT2D eigenvalue weighted by atomic mass is 16.5. The van der Waals surface area contributed by atoms with Crippen LogP contribution in [-0.2, 0) is 11.3 Å². The van der Waals surface area contributed by atoms with Gasteiger partial charge >= 0.3 is 0 Å². The number of ether oxygens (including phenoxy) is 1. The third-order valence-corrected chi connectivity index (χ3v) is 3.15. The Balaban J connectivity index is 1.97. The average molecular weight is 231 g/mol. The van der Waals surface area contributed by atoms with Crippen LogP contribution < -0.4 is 0 Å². The van der Waals surface area contributed by atoms with Crippen molar-refractivity contribution in [1.82, 2.24) is 4.57 Å². The SMILES string of the molecule is CCCCOCCn1ccc2c(C)cccc21. The van der Waals surface area contributed by atoms with Gasteiger partial charge in [0, 0.05) is 30.3 Å². The summed E-state index contributed by atoms with van der Waals surface area (Å²) in [4.78, 5) is 0. The minimum absolute atomic E-state index is 0.803. The maximum Gasteiger partial charge on any atom is 0.0645 e. The van der Waals surface area contributed by atoms with Gasteiger partial charge in [0.1, 0.15) is 0 Å². The minimum atomic E-state index is 0.803. The van der Waals surface area contributed by atoms with Gasteiger partial charge in [0.25, 0.3) is 0 Å². The summed E-state index contributed by atoms with van der Waals surface area (Å²) in [5, 5.41) is 1.35. The molecule has 0 unspecified atom stereocenters. The molecule has 0 fully saturated rings. The van der Waals surface area contributed by atoms with Gasteiger partial charge < -0.3 is 9.30 Å². The molecule has 0 amide bonds. The average Bonchev–Trinajstić information content (AvgIpc) is 2.74. The van der Waals surface area contributed by atoms with Crippen molar-refractivity contribution in [2.24, 2.45) is 0 Å². The number of rotatable bonds is 6. The Morgan fingerprint density at radius 1 is 1.18 bits per heavy atom. The van der Waals surface area contributed by atoms with Gasteiger partial charge in [-0.25, -0.2) is 0 Å². The normalized spacial score (nSPS) is 11.2. The molecule has 1 heterocycles. The zero-order chi connectivity index (χ0) is 12.1. The van der Waals surface area contributed by atoms with Gasteiger partial charge in [-0.2, -0.15) is 0 Å². The van der Waals surface area contributed by atoms with Crippen LogP contribution in [0.3, 0.4) is 0 Å². The van der Waals surface area contributed by atoms with E-state index in [0.717, 1.165) is 26.2 Å². The van der Waals surface area contributed by atoms with E-state index in [0.29, 0.717) is 0 Å². The largest absolute Gasteiger partial charge is 0.380 e. The fourth-order valence-electron chi connectivity index (χ4n) is 2.08. The Hall–Kier alpha value is -1.28. The number of aromatic nitrogens is 1. The quantitative estimate of drug-likeness (QED) is 0.690. The Kier molecular flexibility index (Phi) is 4.21. The Morgan fingerprint density at radius 3 is 2.88 bits per heavy atom. The summed E-state index contributed by atoms with van der Waals surface area (Å²) < 4.78 is 7.88. The maximum absolute atomic E-state index is 5.61. The summed E-state index contributed by atoms with van der Waals surface area (Å²) in [6.07, 6.45) is 4.51. The van der Waals surface area contributed by atoms with Crippen molar-refractivity contribution in [2.45, 2.75) is 33.2 Å². The van der Waals surface area contributed by atoms with Crippen LogP contribution in [0.2, 0.25) is 0 Å². The van der Waals surface area contributed by atoms with Gasteiger partial charge in [-0.05, 0) is 31.0 Å². The van der Waals surface area contributed by atoms with Gasteiger partial charge in [0.05, 0.1) is 6.61 Å². The Bertz CT molecular complexity index is 473. The van der Waals surface area contributed by atoms with Crippen LogP contribution in [0.1, 0.15) is 25.3 Å². The lowest BCUT2D eigenvalue weighted by Crippen LogP contribution is -2.05. The second kappa shape index (κ2) is 5.87. The van der Waals surface area contributed by atoms with Gasteiger partial charge in [0.2, 0.25) is 0 Å². The first kappa shape index (κ1) is 12.2. The summed E-state index contributed by atoms with van der Waals surface area (Å²) in [6.45, 7) is 6.97. The second-order valence-corrected chi connectivity index (χ2v) is 4.48. The zero-order valence-electron chi connectivity index (χ0n) is 10.8. The van der Waals surface area contributed by atoms with Crippen LogP contribution in [0.5, 0.6) is 0 Å². The first-order valence-corrected chi connectivity index (χ1v) is 6.45. The summed E-state index contributed by atoms with van der Waals surface area (Å²) in [6, 6.07) is 8.64. The lowest BCUT2D eigenvalue weighted by atomic mass is 10.1. The van der Waals surface area contributed by atoms with E-state index in [1.165, 1.54) is 22.9 Å². The van der Waals surface area contributed by atoms with E-state index in [2.05, 4.69) is 48.9 Å². The molecule has 2 nitrogen and oxygen atoms in total. The minimum Gasteiger partial charge on any atom is -0.380 e. The Morgan fingerprint density at radius 2 is 2.06 bits per heavy atom. The van der Waals surface area contributed by atoms with E-state index in [1.54, 1.807) is 0 Å². The van der Waals surface area contributed by atoms with Crippen molar-refractivity contribution in [2.75, 3.05) is 13.2 Å². The molecule has 17 heavy (non-hydrogen) atoms. The third-order valence-electron chi connectivity index (χ3n) is 3.15. The molecule has 0 bridgehead atoms. The van der Waals surface area contributed by atoms with E-state index in [9.17, 15) is 0 Å². The van der Waals surface area contributed by atoms with Crippen LogP contribution in [0, 0.1) is 6.92 Å². The molecule has 0 saturated carbocycles. The fourth-order valence-corrected chi connectivity index (χ4v) is 2.08. The zero-order valence-corrected chi connectivity index (χ0v) is 10.8. The fraction of sp³-hybridized carbons (Fsp3) is 0.467. The van der Waals surface area contributed by atoms with Crippen molar-refractivity contribution in [3.05, 3.63) is 36.0 Å². The molecule has 92 valence electrons. The molecular weight excluding hydrogens is 210 g/mol. The molecule has 0 aliphatic carbocycles. The smallest absolute Gasteiger partial charge is 0.0645 e. The summed E-state index contributed by atoms with van der Waals surface area (Å²) in [7, 11) is 0. The predicted octanol–water partition coefficient (Wildman–Crippen LogP) is 3.77. The molecule has 2 rings (SSSR count). The van der Waals surface area contributed by atoms with Crippen LogP contribution in [0.25, 0.3) is 10.9 Å². The molecular formula is C15H21NO. The van der Waals surface area contributed by atoms with Crippen LogP contribution in [-0.4, -0.2) is 17.8 Å². The molecule has 0 saturated heterocycles. The molecule has 0 aliphatic rings. The predicted molar refractivity (Wildman–Crippen MR) is 72.4 cm³/mol. The number of benzene rings is 1. The van der Waals surface area contributed by atoms with E-state index < -0.39 is 0 Å². The maximum atomic E-state index is 5.61. The summed E-state index contributed by atoms with van der Waals surface area (Å²) in [5.74, 6) is 0. The Labute approximate surface area is 103 Å². The molecule has 1 aromatic heterocycles. The molecule has 2 heteroatoms. The highest BCUT2D eigenvalue weighted by Crippen LogP contribution is 2.19. The van der Waals surface area contributed by atoms with Crippen LogP contribution in [0.4, 0.5) is 0 Å². The first-order valence-electron chi connectivity index (χ1n) is 6.45. The summed E-state index contributed by atoms with van der Waals surface area (Å²) >= 11 is 0. The van der Waals surface area contributed by atoms with Crippen molar-refractivity contribution in [3.63, 3.8) is 0 Å². The third kappa shape index (κ3) is 2.89. The second-order valence-electron chi connectivity index (χ2n) is 4.48. The van der Waals surface area contributed by atoms with Gasteiger partial charge in [0.15, 0.2) is 0 Å². The van der Waals surface area contributed by atoms with E-state index in [1.807, 2.05) is 0 Å². The van der Waals surface area contributed by atoms with Crippen molar-refractivity contribution >= 4 is 10.9 Å². The lowest BCUT2D eigenvalue weighted by molar-refractivity contribution is 0.124. The van der Waals surface area contributed by atoms with Crippen LogP contribution in [0.15, 0.2) is 30.5 Å². The van der Waals surface area contributed by atoms with E-state index in [4.69, 9.17) is 4.74 Å². The highest BCUT2D eigenvalue weighted by Gasteiger charge is 2.02. The molecule has 0 spiro atoms. The number of hydrogen-bond donors (Lipinski definition) is 0. The van der Waals surface area contributed by atoms with Crippen LogP contribution >= 0.6 is 0 Å². The highest BCUT2D eigenvalue weighted by molar-refractivity contribution is 5.83. The number of aryl methyl sites for hydroxylation is 1. The molecule has 1 aromatic carbocycles. The van der Waals surface area contributed by atoms with E-state index >= 15 is 0 Å². The number of nitrogens with zero attached hydrogens (tertiary/aromatic N) is 1. The number of fused-ring (bicyclic) bond motifs is 1. The molecule has 0 N–H and O–H groups in total. The molecule has 0 atom stereocenters. The van der Waals surface area contributed by atoms with Crippen molar-refractivity contribution in [3.8, 4) is 0 Å². The van der Waals surface area contributed by atoms with Gasteiger partial charge in [-0.1, -0.05) is 25.5 Å². The van der Waals surface area contributed by atoms with Crippen molar-refractivity contribution < 1.29 is 4.74 Å². The van der Waals surface area contributed by atoms with E-state index in [-0.39, 0.29) is 0 Å².